The zero-order chi connectivity index (χ0) is 15.6. The zero-order valence-corrected chi connectivity index (χ0v) is 14.7. The molecule has 3 nitrogen and oxygen atoms in total. The lowest BCUT2D eigenvalue weighted by Gasteiger charge is -2.29. The van der Waals surface area contributed by atoms with E-state index in [1.165, 1.54) is 53.8 Å². The van der Waals surface area contributed by atoms with Crippen LogP contribution < -0.4 is 0 Å². The summed E-state index contributed by atoms with van der Waals surface area (Å²) in [5.41, 5.74) is 4.06. The van der Waals surface area contributed by atoms with Crippen molar-refractivity contribution >= 4 is 11.3 Å². The van der Waals surface area contributed by atoms with Gasteiger partial charge < -0.3 is 0 Å². The largest absolute Gasteiger partial charge is 0.293 e. The number of nitrogens with zero attached hydrogens (tertiary/aromatic N) is 3. The number of aromatic nitrogens is 2. The van der Waals surface area contributed by atoms with Crippen molar-refractivity contribution in [3.63, 3.8) is 0 Å². The van der Waals surface area contributed by atoms with Gasteiger partial charge in [-0.05, 0) is 36.8 Å². The smallest absolute Gasteiger partial charge is 0.131 e. The fourth-order valence-electron chi connectivity index (χ4n) is 3.85. The number of fused-ring (bicyclic) bond motifs is 1. The molecule has 1 saturated carbocycles. The maximum Gasteiger partial charge on any atom is 0.131 e. The Kier molecular flexibility index (Phi) is 4.45. The van der Waals surface area contributed by atoms with Crippen molar-refractivity contribution < 1.29 is 0 Å². The van der Waals surface area contributed by atoms with Crippen molar-refractivity contribution in [2.24, 2.45) is 0 Å². The number of rotatable bonds is 3. The van der Waals surface area contributed by atoms with Crippen molar-refractivity contribution in [1.82, 2.24) is 14.9 Å². The van der Waals surface area contributed by atoms with Gasteiger partial charge in [0.2, 0.25) is 0 Å². The normalized spacial score (nSPS) is 19.7. The Labute approximate surface area is 142 Å². The molecule has 0 N–H and O–H groups in total. The summed E-state index contributed by atoms with van der Waals surface area (Å²) in [7, 11) is 0. The molecule has 0 unspecified atom stereocenters. The van der Waals surface area contributed by atoms with E-state index >= 15 is 0 Å². The first kappa shape index (κ1) is 15.3. The van der Waals surface area contributed by atoms with Crippen LogP contribution in [0.25, 0.3) is 0 Å². The van der Waals surface area contributed by atoms with Crippen molar-refractivity contribution in [3.8, 4) is 0 Å². The first-order valence-corrected chi connectivity index (χ1v) is 9.77. The van der Waals surface area contributed by atoms with E-state index < -0.39 is 0 Å². The molecule has 0 spiro atoms. The van der Waals surface area contributed by atoms with Crippen molar-refractivity contribution in [3.05, 3.63) is 45.2 Å². The molecule has 122 valence electrons. The van der Waals surface area contributed by atoms with Gasteiger partial charge in [-0.1, -0.05) is 19.3 Å². The SMILES string of the molecule is Cc1ccsc1CN1CCc2nc(C3CCCCC3)ncc2C1. The lowest BCUT2D eigenvalue weighted by atomic mass is 9.88. The predicted octanol–water partition coefficient (Wildman–Crippen LogP) is 4.45. The summed E-state index contributed by atoms with van der Waals surface area (Å²) in [5, 5.41) is 2.20. The predicted molar refractivity (Wildman–Crippen MR) is 94.7 cm³/mol. The molecule has 0 aromatic carbocycles. The van der Waals surface area contributed by atoms with E-state index in [0.29, 0.717) is 5.92 Å². The quantitative estimate of drug-likeness (QED) is 0.834. The van der Waals surface area contributed by atoms with Crippen LogP contribution in [0.2, 0.25) is 0 Å². The molecule has 2 aromatic rings. The number of hydrogen-bond donors (Lipinski definition) is 0. The second-order valence-electron chi connectivity index (χ2n) is 7.02. The first-order valence-electron chi connectivity index (χ1n) is 8.89. The summed E-state index contributed by atoms with van der Waals surface area (Å²) in [4.78, 5) is 13.7. The lowest BCUT2D eigenvalue weighted by molar-refractivity contribution is 0.244. The highest BCUT2D eigenvalue weighted by Gasteiger charge is 2.23. The lowest BCUT2D eigenvalue weighted by Crippen LogP contribution is -2.31. The van der Waals surface area contributed by atoms with Crippen LogP contribution in [-0.2, 0) is 19.5 Å². The van der Waals surface area contributed by atoms with Gasteiger partial charge in [0.15, 0.2) is 0 Å². The Morgan fingerprint density at radius 2 is 2.13 bits per heavy atom. The van der Waals surface area contributed by atoms with Crippen molar-refractivity contribution in [2.45, 2.75) is 64.5 Å². The molecule has 2 aromatic heterocycles. The van der Waals surface area contributed by atoms with Crippen LogP contribution in [0.15, 0.2) is 17.6 Å². The average Bonchev–Trinajstić information content (AvgIpc) is 3.00. The Bertz CT molecular complexity index is 673. The highest BCUT2D eigenvalue weighted by atomic mass is 32.1. The van der Waals surface area contributed by atoms with E-state index in [9.17, 15) is 0 Å². The van der Waals surface area contributed by atoms with Gasteiger partial charge in [-0.2, -0.15) is 0 Å². The van der Waals surface area contributed by atoms with E-state index in [1.807, 2.05) is 11.3 Å². The minimum absolute atomic E-state index is 0.612. The van der Waals surface area contributed by atoms with E-state index in [4.69, 9.17) is 9.97 Å². The van der Waals surface area contributed by atoms with E-state index in [1.54, 1.807) is 0 Å². The molecule has 0 bridgehead atoms. The van der Waals surface area contributed by atoms with Crippen LogP contribution in [0.3, 0.4) is 0 Å². The number of thiophene rings is 1. The molecule has 23 heavy (non-hydrogen) atoms. The van der Waals surface area contributed by atoms with Crippen molar-refractivity contribution in [1.29, 1.82) is 0 Å². The zero-order valence-electron chi connectivity index (χ0n) is 13.9. The highest BCUT2D eigenvalue weighted by Crippen LogP contribution is 2.31. The molecule has 3 heterocycles. The molecule has 0 saturated heterocycles. The van der Waals surface area contributed by atoms with E-state index in [2.05, 4.69) is 29.5 Å². The van der Waals surface area contributed by atoms with Gasteiger partial charge in [0.05, 0.1) is 0 Å². The van der Waals surface area contributed by atoms with Crippen LogP contribution in [0.5, 0.6) is 0 Å². The van der Waals surface area contributed by atoms with Crippen LogP contribution in [0, 0.1) is 6.92 Å². The topological polar surface area (TPSA) is 29.0 Å². The fourth-order valence-corrected chi connectivity index (χ4v) is 4.80. The standard InChI is InChI=1S/C19H25N3S/c1-14-8-10-23-18(14)13-22-9-7-17-16(12-22)11-20-19(21-17)15-5-3-2-4-6-15/h8,10-11,15H,2-7,9,12-13H2,1H3. The Hall–Kier alpha value is -1.26. The highest BCUT2D eigenvalue weighted by molar-refractivity contribution is 7.10. The van der Waals surface area contributed by atoms with Crippen LogP contribution in [-0.4, -0.2) is 21.4 Å². The number of aryl methyl sites for hydroxylation is 1. The van der Waals surface area contributed by atoms with Gasteiger partial charge in [0, 0.05) is 54.3 Å². The summed E-state index contributed by atoms with van der Waals surface area (Å²) in [6, 6.07) is 2.22. The van der Waals surface area contributed by atoms with Gasteiger partial charge in [-0.15, -0.1) is 11.3 Å². The Balaban J connectivity index is 1.46. The van der Waals surface area contributed by atoms with Gasteiger partial charge in [0.1, 0.15) is 5.82 Å². The van der Waals surface area contributed by atoms with E-state index in [0.717, 1.165) is 31.9 Å². The second kappa shape index (κ2) is 6.70. The monoisotopic (exact) mass is 327 g/mol. The van der Waals surface area contributed by atoms with Crippen LogP contribution in [0.1, 0.15) is 65.5 Å². The van der Waals surface area contributed by atoms with E-state index in [-0.39, 0.29) is 0 Å². The molecular formula is C19H25N3S. The van der Waals surface area contributed by atoms with Gasteiger partial charge >= 0.3 is 0 Å². The molecule has 1 aliphatic heterocycles. The minimum atomic E-state index is 0.612. The minimum Gasteiger partial charge on any atom is -0.293 e. The molecule has 4 rings (SSSR count). The fraction of sp³-hybridized carbons (Fsp3) is 0.579. The molecule has 0 amide bonds. The molecule has 2 aliphatic rings. The van der Waals surface area contributed by atoms with Crippen molar-refractivity contribution in [2.75, 3.05) is 6.54 Å². The van der Waals surface area contributed by atoms with Crippen LogP contribution in [0.4, 0.5) is 0 Å². The Morgan fingerprint density at radius 3 is 2.91 bits per heavy atom. The molecule has 1 fully saturated rings. The number of hydrogen-bond acceptors (Lipinski definition) is 4. The Morgan fingerprint density at radius 1 is 1.26 bits per heavy atom. The molecule has 4 heteroatoms. The summed E-state index contributed by atoms with van der Waals surface area (Å²) >= 11 is 1.87. The molecule has 1 aliphatic carbocycles. The summed E-state index contributed by atoms with van der Waals surface area (Å²) in [6.07, 6.45) is 9.82. The maximum absolute atomic E-state index is 4.95. The molecule has 0 radical (unpaired) electrons. The van der Waals surface area contributed by atoms with Gasteiger partial charge in [-0.25, -0.2) is 9.97 Å². The van der Waals surface area contributed by atoms with Gasteiger partial charge in [-0.3, -0.25) is 4.90 Å². The van der Waals surface area contributed by atoms with Gasteiger partial charge in [0.25, 0.3) is 0 Å². The average molecular weight is 327 g/mol. The third-order valence-corrected chi connectivity index (χ3v) is 6.35. The summed E-state index contributed by atoms with van der Waals surface area (Å²) in [5.74, 6) is 1.73. The third kappa shape index (κ3) is 3.33. The molecular weight excluding hydrogens is 302 g/mol. The summed E-state index contributed by atoms with van der Waals surface area (Å²) in [6.45, 7) is 5.39. The molecule has 0 atom stereocenters. The van der Waals surface area contributed by atoms with Crippen LogP contribution >= 0.6 is 11.3 Å². The first-order chi connectivity index (χ1) is 11.3. The third-order valence-electron chi connectivity index (χ3n) is 5.34. The maximum atomic E-state index is 4.95. The summed E-state index contributed by atoms with van der Waals surface area (Å²) < 4.78 is 0. The second-order valence-corrected chi connectivity index (χ2v) is 8.02.